The van der Waals surface area contributed by atoms with Gasteiger partial charge in [0.05, 0.1) is 9.85 Å². The van der Waals surface area contributed by atoms with E-state index < -0.39 is 32.3 Å². The third-order valence-corrected chi connectivity index (χ3v) is 45.3. The van der Waals surface area contributed by atoms with Crippen LogP contribution in [0.4, 0.5) is 11.4 Å². The molecule has 10 heteroatoms. The highest BCUT2D eigenvalue weighted by Crippen LogP contribution is 2.55. The summed E-state index contributed by atoms with van der Waals surface area (Å²) in [6.07, 6.45) is 0. The number of benzene rings is 2. The molecule has 0 saturated carbocycles. The summed E-state index contributed by atoms with van der Waals surface area (Å²) in [5.41, 5.74) is 5.89. The van der Waals surface area contributed by atoms with Gasteiger partial charge in [-0.3, -0.25) is 20.2 Å². The molecule has 70 heavy (non-hydrogen) atoms. The molecule has 2 aromatic carbocycles. The number of hydrogen-bond acceptors (Lipinski definition) is 4. The Kier molecular flexibility index (Phi) is 22.5. The van der Waals surface area contributed by atoms with Crippen LogP contribution >= 0.6 is 0 Å². The molecule has 2 rings (SSSR count). The first-order valence-electron chi connectivity index (χ1n) is 26.4. The fraction of sp³-hybridized carbons (Fsp3) is 0.600. The Balaban J connectivity index is 3.75. The maximum absolute atomic E-state index is 11.7. The van der Waals surface area contributed by atoms with E-state index in [1.165, 1.54) is 20.8 Å². The average Bonchev–Trinajstić information content (AvgIpc) is 3.23. The van der Waals surface area contributed by atoms with Crippen molar-refractivity contribution in [1.82, 2.24) is 0 Å². The molecule has 0 heterocycles. The number of allylic oxidation sites excluding steroid dienone is 4. The van der Waals surface area contributed by atoms with E-state index in [9.17, 15) is 20.2 Å². The molecule has 2 aromatic rings. The molecule has 6 nitrogen and oxygen atoms in total. The average molecular weight is 1020 g/mol. The minimum atomic E-state index is -2.53. The molecule has 0 N–H and O–H groups in total. The van der Waals surface area contributed by atoms with E-state index in [-0.39, 0.29) is 21.2 Å². The lowest BCUT2D eigenvalue weighted by Crippen LogP contribution is -2.53. The Morgan fingerprint density at radius 3 is 0.657 bits per heavy atom. The van der Waals surface area contributed by atoms with Crippen LogP contribution in [0, 0.1) is 67.6 Å². The van der Waals surface area contributed by atoms with Crippen LogP contribution in [0.25, 0.3) is 0 Å². The van der Waals surface area contributed by atoms with E-state index in [0.717, 1.165) is 11.1 Å². The van der Waals surface area contributed by atoms with Crippen LogP contribution in [0.3, 0.4) is 0 Å². The van der Waals surface area contributed by atoms with Crippen LogP contribution in [0.2, 0.25) is 66.5 Å². The molecule has 0 aliphatic heterocycles. The van der Waals surface area contributed by atoms with E-state index in [1.807, 2.05) is 0 Å². The summed E-state index contributed by atoms with van der Waals surface area (Å²) in [4.78, 5) is 22.6. The topological polar surface area (TPSA) is 86.3 Å². The smallest absolute Gasteiger partial charge is 0.258 e. The van der Waals surface area contributed by atoms with E-state index in [4.69, 9.17) is 0 Å². The fourth-order valence-corrected chi connectivity index (χ4v) is 43.4. The molecule has 0 aliphatic rings. The van der Waals surface area contributed by atoms with Crippen molar-refractivity contribution >= 4 is 43.7 Å². The van der Waals surface area contributed by atoms with Gasteiger partial charge in [0.15, 0.2) is 0 Å². The molecule has 0 spiro atoms. The van der Waals surface area contributed by atoms with Gasteiger partial charge in [-0.2, -0.15) is 0 Å². The zero-order valence-corrected chi connectivity index (χ0v) is 52.1. The number of nitro benzene ring substituents is 2. The molecular weight excluding hydrogens is 925 g/mol. The minimum absolute atomic E-state index is 0.0519. The standard InChI is InChI=1S/C60H92N2O4Si4/c1-41(2)67(42(3)4,43(5)6)57(59(69(47(13)14,48(15)16)49(17)18)39-33-53-29-35-55(36-30-53)61(63)64)27-25-26-28-58(68(44(7)8,45(9)10)46(11)12)60(70(50(19)20,51(21)22)52(23)24)40-34-54-31-37-56(38-32-54)62(65)66/h29-32,35-38,41-52H,1-24H3/b59-57+,60-58+. The first kappa shape index (κ1) is 61.9. The van der Waals surface area contributed by atoms with Crippen molar-refractivity contribution in [2.45, 2.75) is 233 Å². The molecule has 0 radical (unpaired) electrons. The van der Waals surface area contributed by atoms with Crippen molar-refractivity contribution in [3.8, 4) is 47.4 Å². The molecule has 0 bridgehead atoms. The molecule has 0 aromatic heterocycles. The summed E-state index contributed by atoms with van der Waals surface area (Å²) in [7, 11) is -10.1. The quantitative estimate of drug-likeness (QED) is 0.0644. The normalized spacial score (nSPS) is 13.5. The Morgan fingerprint density at radius 2 is 0.500 bits per heavy atom. The number of non-ortho nitro benzene ring substituents is 2. The van der Waals surface area contributed by atoms with Crippen molar-refractivity contribution in [2.75, 3.05) is 0 Å². The van der Waals surface area contributed by atoms with Gasteiger partial charge in [-0.15, -0.1) is 0 Å². The third kappa shape index (κ3) is 12.0. The lowest BCUT2D eigenvalue weighted by atomic mass is 10.2. The van der Waals surface area contributed by atoms with E-state index in [0.29, 0.717) is 66.5 Å². The minimum Gasteiger partial charge on any atom is -0.258 e. The fourth-order valence-electron chi connectivity index (χ4n) is 14.8. The Morgan fingerprint density at radius 1 is 0.329 bits per heavy atom. The number of hydrogen-bond donors (Lipinski definition) is 0. The van der Waals surface area contributed by atoms with Crippen molar-refractivity contribution < 1.29 is 9.85 Å². The molecule has 0 aliphatic carbocycles. The summed E-state index contributed by atoms with van der Waals surface area (Å²) < 4.78 is 0. The monoisotopic (exact) mass is 1020 g/mol. The van der Waals surface area contributed by atoms with Crippen LogP contribution < -0.4 is 0 Å². The Labute approximate surface area is 431 Å². The summed E-state index contributed by atoms with van der Waals surface area (Å²) in [6.45, 7) is 57.6. The second-order valence-electron chi connectivity index (χ2n) is 23.7. The van der Waals surface area contributed by atoms with Crippen molar-refractivity contribution in [1.29, 1.82) is 0 Å². The van der Waals surface area contributed by atoms with E-state index in [2.05, 4.69) is 214 Å². The van der Waals surface area contributed by atoms with Gasteiger partial charge in [-0.1, -0.05) is 202 Å². The van der Waals surface area contributed by atoms with Crippen LogP contribution in [-0.2, 0) is 0 Å². The van der Waals surface area contributed by atoms with Crippen molar-refractivity contribution in [2.24, 2.45) is 0 Å². The van der Waals surface area contributed by atoms with Gasteiger partial charge in [0, 0.05) is 35.4 Å². The van der Waals surface area contributed by atoms with Crippen LogP contribution in [0.5, 0.6) is 0 Å². The van der Waals surface area contributed by atoms with Gasteiger partial charge >= 0.3 is 0 Å². The summed E-state index contributed by atoms with van der Waals surface area (Å²) >= 11 is 0. The van der Waals surface area contributed by atoms with Crippen LogP contribution in [0.15, 0.2) is 69.3 Å². The highest BCUT2D eigenvalue weighted by molar-refractivity contribution is 6.98. The molecule has 382 valence electrons. The van der Waals surface area contributed by atoms with Gasteiger partial charge in [-0.05, 0) is 123 Å². The number of nitro groups is 2. The van der Waals surface area contributed by atoms with E-state index >= 15 is 0 Å². The van der Waals surface area contributed by atoms with Gasteiger partial charge in [0.2, 0.25) is 0 Å². The molecule has 0 fully saturated rings. The van der Waals surface area contributed by atoms with Gasteiger partial charge in [-0.25, -0.2) is 0 Å². The maximum atomic E-state index is 11.7. The first-order chi connectivity index (χ1) is 32.3. The molecule has 0 amide bonds. The molecule has 0 atom stereocenters. The predicted molar refractivity (Wildman–Crippen MR) is 314 cm³/mol. The Bertz CT molecular complexity index is 2200. The largest absolute Gasteiger partial charge is 0.269 e. The number of nitrogens with zero attached hydrogens (tertiary/aromatic N) is 2. The molecule has 0 saturated heterocycles. The second kappa shape index (κ2) is 25.5. The van der Waals surface area contributed by atoms with Gasteiger partial charge in [0.1, 0.15) is 32.3 Å². The third-order valence-electron chi connectivity index (χ3n) is 17.0. The highest BCUT2D eigenvalue weighted by atomic mass is 28.3. The van der Waals surface area contributed by atoms with Crippen LogP contribution in [-0.4, -0.2) is 42.1 Å². The zero-order valence-electron chi connectivity index (χ0n) is 48.1. The van der Waals surface area contributed by atoms with Gasteiger partial charge in [0.25, 0.3) is 11.4 Å². The lowest BCUT2D eigenvalue weighted by Gasteiger charge is -2.49. The maximum Gasteiger partial charge on any atom is 0.269 e. The molecule has 0 unspecified atom stereocenters. The SMILES string of the molecule is CC(C)[Si](/C(C#CC#C/C(=C(/C#Cc1ccc([N+](=O)[O-])cc1)[Si](C(C)C)(C(C)C)C(C)C)[Si](C(C)C)(C(C)C)C(C)C)=C(\C#Cc1ccc([N+](=O)[O-])cc1)[Si](C(C)C)(C(C)C)C(C)C)(C(C)C)C(C)C. The summed E-state index contributed by atoms with van der Waals surface area (Å²) in [5.74, 6) is 30.5. The van der Waals surface area contributed by atoms with Crippen LogP contribution in [0.1, 0.15) is 177 Å². The lowest BCUT2D eigenvalue weighted by molar-refractivity contribution is -0.385. The summed E-state index contributed by atoms with van der Waals surface area (Å²) in [6, 6.07) is 13.3. The summed E-state index contributed by atoms with van der Waals surface area (Å²) in [5, 5.41) is 28.3. The highest BCUT2D eigenvalue weighted by Gasteiger charge is 2.55. The van der Waals surface area contributed by atoms with Crippen molar-refractivity contribution in [3.63, 3.8) is 0 Å². The van der Waals surface area contributed by atoms with E-state index in [1.54, 1.807) is 48.5 Å². The predicted octanol–water partition coefficient (Wildman–Crippen LogP) is 18.4. The van der Waals surface area contributed by atoms with Gasteiger partial charge < -0.3 is 0 Å². The zero-order chi connectivity index (χ0) is 54.0. The Hall–Kier alpha value is -4.17. The molecular formula is C60H92N2O4Si4. The van der Waals surface area contributed by atoms with Crippen molar-refractivity contribution in [3.05, 3.63) is 101 Å². The number of rotatable bonds is 18. The second-order valence-corrected chi connectivity index (χ2v) is 47.0. The first-order valence-corrected chi connectivity index (χ1v) is 35.3.